The maximum absolute atomic E-state index is 10.8. The first-order valence-electron chi connectivity index (χ1n) is 4.94. The second-order valence-electron chi connectivity index (χ2n) is 3.15. The van der Waals surface area contributed by atoms with Crippen LogP contribution >= 0.6 is 11.8 Å². The van der Waals surface area contributed by atoms with Crippen LogP contribution in [-0.2, 0) is 4.79 Å². The van der Waals surface area contributed by atoms with Gasteiger partial charge in [-0.25, -0.2) is 0 Å². The number of nitrogens with zero attached hydrogens (tertiary/aromatic N) is 1. The zero-order valence-corrected chi connectivity index (χ0v) is 9.67. The van der Waals surface area contributed by atoms with E-state index in [9.17, 15) is 4.79 Å². The maximum atomic E-state index is 10.8. The predicted molar refractivity (Wildman–Crippen MR) is 67.5 cm³/mol. The van der Waals surface area contributed by atoms with Crippen molar-refractivity contribution in [3.8, 4) is 0 Å². The smallest absolute Gasteiger partial charge is 0.186 e. The summed E-state index contributed by atoms with van der Waals surface area (Å²) < 4.78 is 0. The van der Waals surface area contributed by atoms with Gasteiger partial charge in [-0.05, 0) is 18.1 Å². The van der Waals surface area contributed by atoms with E-state index in [0.717, 1.165) is 24.3 Å². The third kappa shape index (κ3) is 6.07. The first-order valence-corrected chi connectivity index (χ1v) is 5.93. The fraction of sp³-hybridized carbons (Fsp3) is 0.333. The van der Waals surface area contributed by atoms with Crippen LogP contribution in [0.3, 0.4) is 0 Å². The van der Waals surface area contributed by atoms with Gasteiger partial charge in [-0.2, -0.15) is 0 Å². The van der Waals surface area contributed by atoms with E-state index in [1.807, 2.05) is 30.5 Å². The summed E-state index contributed by atoms with van der Waals surface area (Å²) in [6, 6.07) is 0. The molecule has 0 aromatic heterocycles. The zero-order chi connectivity index (χ0) is 10.9. The van der Waals surface area contributed by atoms with Crippen molar-refractivity contribution < 1.29 is 4.79 Å². The molecule has 0 aromatic rings. The summed E-state index contributed by atoms with van der Waals surface area (Å²) in [7, 11) is 0. The van der Waals surface area contributed by atoms with Gasteiger partial charge >= 0.3 is 0 Å². The second kappa shape index (κ2) is 7.23. The number of thioether (sulfide) groups is 1. The van der Waals surface area contributed by atoms with E-state index in [-0.39, 0.29) is 5.12 Å². The molecule has 0 saturated heterocycles. The Morgan fingerprint density at radius 3 is 3.20 bits per heavy atom. The molecule has 0 N–H and O–H groups in total. The molecule has 80 valence electrons. The fourth-order valence-electron chi connectivity index (χ4n) is 1.08. The molecule has 0 unspecified atom stereocenters. The Bertz CT molecular complexity index is 327. The largest absolute Gasteiger partial charge is 0.293 e. The second-order valence-corrected chi connectivity index (χ2v) is 4.31. The van der Waals surface area contributed by atoms with Crippen molar-refractivity contribution in [2.75, 3.05) is 12.3 Å². The minimum absolute atomic E-state index is 0.152. The molecular weight excluding hydrogens is 206 g/mol. The molecule has 2 nitrogen and oxygen atoms in total. The molecule has 1 heterocycles. The average molecular weight is 221 g/mol. The fourth-order valence-corrected chi connectivity index (χ4v) is 1.64. The summed E-state index contributed by atoms with van der Waals surface area (Å²) in [5.41, 5.74) is 1.14. The number of hydrogen-bond acceptors (Lipinski definition) is 3. The van der Waals surface area contributed by atoms with E-state index in [1.54, 1.807) is 6.92 Å². The van der Waals surface area contributed by atoms with Crippen molar-refractivity contribution in [3.05, 3.63) is 36.0 Å². The van der Waals surface area contributed by atoms with Gasteiger partial charge in [-0.1, -0.05) is 36.1 Å². The molecular formula is C12H15NOS. The Labute approximate surface area is 94.9 Å². The van der Waals surface area contributed by atoms with Crippen molar-refractivity contribution in [2.45, 2.75) is 13.3 Å². The molecule has 1 aliphatic rings. The van der Waals surface area contributed by atoms with Gasteiger partial charge in [0, 0.05) is 25.4 Å². The standard InChI is InChI=1S/C12H15NOS/c1-11(14)15-10-12-6-3-2-4-8-13-9-5-7-12/h2-3,5-7,9H,4,8,10H2,1H3/b3-2+,7-5-,12-6+,13-9?. The minimum atomic E-state index is 0.152. The Morgan fingerprint density at radius 2 is 2.40 bits per heavy atom. The molecule has 0 bridgehead atoms. The molecule has 0 aliphatic carbocycles. The highest BCUT2D eigenvalue weighted by Gasteiger charge is 1.96. The quantitative estimate of drug-likeness (QED) is 0.717. The summed E-state index contributed by atoms with van der Waals surface area (Å²) in [6.07, 6.45) is 12.9. The molecule has 1 rings (SSSR count). The highest BCUT2D eigenvalue weighted by molar-refractivity contribution is 8.13. The molecule has 0 aromatic carbocycles. The van der Waals surface area contributed by atoms with Gasteiger partial charge in [-0.3, -0.25) is 9.79 Å². The highest BCUT2D eigenvalue weighted by Crippen LogP contribution is 2.10. The third-order valence-electron chi connectivity index (χ3n) is 1.82. The number of carbonyl (C=O) groups is 1. The van der Waals surface area contributed by atoms with Crippen LogP contribution in [0.15, 0.2) is 40.9 Å². The van der Waals surface area contributed by atoms with Crippen LogP contribution in [-0.4, -0.2) is 23.6 Å². The third-order valence-corrected chi connectivity index (χ3v) is 2.70. The molecule has 1 aliphatic heterocycles. The number of rotatable bonds is 2. The number of aliphatic imine (C=N–C) groups is 1. The van der Waals surface area contributed by atoms with Gasteiger partial charge < -0.3 is 0 Å². The van der Waals surface area contributed by atoms with Gasteiger partial charge in [-0.15, -0.1) is 0 Å². The molecule has 0 fully saturated rings. The van der Waals surface area contributed by atoms with Crippen molar-refractivity contribution in [3.63, 3.8) is 0 Å². The number of hydrogen-bond donors (Lipinski definition) is 0. The number of carbonyl (C=O) groups excluding carboxylic acids is 1. The minimum Gasteiger partial charge on any atom is -0.293 e. The lowest BCUT2D eigenvalue weighted by Crippen LogP contribution is -1.89. The predicted octanol–water partition coefficient (Wildman–Crippen LogP) is 2.78. The molecule has 0 atom stereocenters. The SMILES string of the molecule is CC(=O)SCC1=C/C=C/CCN=C/C=C\1. The average Bonchev–Trinajstić information content (AvgIpc) is 2.23. The summed E-state index contributed by atoms with van der Waals surface area (Å²) in [5.74, 6) is 0.726. The lowest BCUT2D eigenvalue weighted by Gasteiger charge is -1.98. The lowest BCUT2D eigenvalue weighted by atomic mass is 10.2. The topological polar surface area (TPSA) is 29.4 Å². The first kappa shape index (κ1) is 12.0. The number of allylic oxidation sites excluding steroid dienone is 4. The van der Waals surface area contributed by atoms with E-state index < -0.39 is 0 Å². The summed E-state index contributed by atoms with van der Waals surface area (Å²) >= 11 is 1.33. The van der Waals surface area contributed by atoms with Crippen LogP contribution in [0.2, 0.25) is 0 Å². The van der Waals surface area contributed by atoms with Crippen LogP contribution in [0.5, 0.6) is 0 Å². The van der Waals surface area contributed by atoms with E-state index in [1.165, 1.54) is 11.8 Å². The molecule has 0 radical (unpaired) electrons. The van der Waals surface area contributed by atoms with Crippen LogP contribution in [0.25, 0.3) is 0 Å². The van der Waals surface area contributed by atoms with Crippen LogP contribution in [0.1, 0.15) is 13.3 Å². The van der Waals surface area contributed by atoms with E-state index in [2.05, 4.69) is 11.1 Å². The van der Waals surface area contributed by atoms with Crippen molar-refractivity contribution in [1.29, 1.82) is 0 Å². The molecule has 0 spiro atoms. The van der Waals surface area contributed by atoms with Gasteiger partial charge in [0.2, 0.25) is 0 Å². The van der Waals surface area contributed by atoms with E-state index in [4.69, 9.17) is 0 Å². The summed E-state index contributed by atoms with van der Waals surface area (Å²) in [6.45, 7) is 2.43. The van der Waals surface area contributed by atoms with Gasteiger partial charge in [0.15, 0.2) is 5.12 Å². The monoisotopic (exact) mass is 221 g/mol. The normalized spacial score (nSPS) is 23.9. The highest BCUT2D eigenvalue weighted by atomic mass is 32.2. The van der Waals surface area contributed by atoms with Gasteiger partial charge in [0.05, 0.1) is 0 Å². The molecule has 3 heteroatoms. The first-order chi connectivity index (χ1) is 7.29. The lowest BCUT2D eigenvalue weighted by molar-refractivity contribution is -0.109. The van der Waals surface area contributed by atoms with Crippen molar-refractivity contribution in [1.82, 2.24) is 0 Å². The molecule has 0 saturated carbocycles. The van der Waals surface area contributed by atoms with Gasteiger partial charge in [0.1, 0.15) is 0 Å². The molecule has 15 heavy (non-hydrogen) atoms. The van der Waals surface area contributed by atoms with Gasteiger partial charge in [0.25, 0.3) is 0 Å². The van der Waals surface area contributed by atoms with Crippen molar-refractivity contribution in [2.24, 2.45) is 4.99 Å². The summed E-state index contributed by atoms with van der Waals surface area (Å²) in [5, 5.41) is 0.152. The Kier molecular flexibility index (Phi) is 5.78. The Balaban J connectivity index is 2.60. The Morgan fingerprint density at radius 1 is 1.53 bits per heavy atom. The van der Waals surface area contributed by atoms with E-state index >= 15 is 0 Å². The maximum Gasteiger partial charge on any atom is 0.186 e. The molecule has 0 amide bonds. The van der Waals surface area contributed by atoms with Crippen LogP contribution in [0.4, 0.5) is 0 Å². The van der Waals surface area contributed by atoms with Crippen LogP contribution in [0, 0.1) is 0 Å². The van der Waals surface area contributed by atoms with Crippen molar-refractivity contribution >= 4 is 23.1 Å². The Hall–Kier alpha value is -1.09. The zero-order valence-electron chi connectivity index (χ0n) is 8.85. The van der Waals surface area contributed by atoms with Crippen LogP contribution < -0.4 is 0 Å². The van der Waals surface area contributed by atoms with E-state index in [0.29, 0.717) is 0 Å². The summed E-state index contributed by atoms with van der Waals surface area (Å²) in [4.78, 5) is 15.0.